The molecule has 0 radical (unpaired) electrons. The third kappa shape index (κ3) is 4.05. The fourth-order valence-corrected chi connectivity index (χ4v) is 5.60. The van der Waals surface area contributed by atoms with Crippen molar-refractivity contribution in [1.29, 1.82) is 0 Å². The number of aryl methyl sites for hydroxylation is 1. The van der Waals surface area contributed by atoms with E-state index < -0.39 is 17.7 Å². The van der Waals surface area contributed by atoms with Crippen LogP contribution in [0.15, 0.2) is 66.2 Å². The summed E-state index contributed by atoms with van der Waals surface area (Å²) in [6.45, 7) is 1.92. The molecule has 176 valence electrons. The smallest absolute Gasteiger partial charge is 0.301 e. The Hall–Kier alpha value is -3.39. The molecule has 1 aliphatic rings. The van der Waals surface area contributed by atoms with Crippen LogP contribution in [0.4, 0.5) is 5.13 Å². The molecule has 1 amide bonds. The molecule has 4 aromatic rings. The highest BCUT2D eigenvalue weighted by molar-refractivity contribution is 7.22. The van der Waals surface area contributed by atoms with Gasteiger partial charge in [-0.25, -0.2) is 4.98 Å². The van der Waals surface area contributed by atoms with Crippen LogP contribution in [-0.2, 0) is 9.59 Å². The average molecular weight is 525 g/mol. The monoisotopic (exact) mass is 524 g/mol. The molecule has 0 aliphatic carbocycles. The van der Waals surface area contributed by atoms with Gasteiger partial charge in [0.2, 0.25) is 0 Å². The summed E-state index contributed by atoms with van der Waals surface area (Å²) in [4.78, 5) is 32.7. The summed E-state index contributed by atoms with van der Waals surface area (Å²) < 4.78 is 6.04. The largest absolute Gasteiger partial charge is 0.507 e. The van der Waals surface area contributed by atoms with Crippen molar-refractivity contribution < 1.29 is 19.4 Å². The number of halogens is 2. The molecule has 0 bridgehead atoms. The first kappa shape index (κ1) is 23.4. The van der Waals surface area contributed by atoms with Crippen molar-refractivity contribution in [2.45, 2.75) is 13.0 Å². The van der Waals surface area contributed by atoms with Gasteiger partial charge < -0.3 is 9.84 Å². The summed E-state index contributed by atoms with van der Waals surface area (Å²) in [5, 5.41) is 12.5. The molecule has 1 aromatic heterocycles. The Morgan fingerprint density at radius 1 is 1.09 bits per heavy atom. The van der Waals surface area contributed by atoms with E-state index in [0.717, 1.165) is 10.3 Å². The van der Waals surface area contributed by atoms with E-state index >= 15 is 0 Å². The van der Waals surface area contributed by atoms with Crippen LogP contribution in [0.1, 0.15) is 22.7 Å². The van der Waals surface area contributed by atoms with E-state index in [-0.39, 0.29) is 11.3 Å². The Labute approximate surface area is 215 Å². The highest BCUT2D eigenvalue weighted by Gasteiger charge is 2.48. The number of amides is 1. The molecule has 6 nitrogen and oxygen atoms in total. The van der Waals surface area contributed by atoms with Crippen molar-refractivity contribution in [3.8, 4) is 5.75 Å². The van der Waals surface area contributed by atoms with E-state index in [1.54, 1.807) is 30.3 Å². The second kappa shape index (κ2) is 9.00. The number of carbonyl (C=O) groups is 2. The lowest BCUT2D eigenvalue weighted by atomic mass is 9.94. The van der Waals surface area contributed by atoms with Crippen LogP contribution in [0.5, 0.6) is 5.75 Å². The summed E-state index contributed by atoms with van der Waals surface area (Å²) in [5.74, 6) is -1.57. The molecule has 35 heavy (non-hydrogen) atoms. The Kier molecular flexibility index (Phi) is 6.01. The molecule has 1 fully saturated rings. The quantitative estimate of drug-likeness (QED) is 0.186. The lowest BCUT2D eigenvalue weighted by Crippen LogP contribution is -2.29. The number of nitrogens with zero attached hydrogens (tertiary/aromatic N) is 2. The fourth-order valence-electron chi connectivity index (χ4n) is 4.14. The predicted molar refractivity (Wildman–Crippen MR) is 139 cm³/mol. The van der Waals surface area contributed by atoms with Crippen LogP contribution < -0.4 is 9.64 Å². The minimum absolute atomic E-state index is 0.0396. The van der Waals surface area contributed by atoms with Crippen molar-refractivity contribution in [2.24, 2.45) is 0 Å². The molecule has 0 spiro atoms. The summed E-state index contributed by atoms with van der Waals surface area (Å²) in [5.41, 5.74) is 2.53. The van der Waals surface area contributed by atoms with Gasteiger partial charge in [-0.1, -0.05) is 64.4 Å². The maximum Gasteiger partial charge on any atom is 0.301 e. The van der Waals surface area contributed by atoms with Gasteiger partial charge in [0.15, 0.2) is 5.13 Å². The highest BCUT2D eigenvalue weighted by Crippen LogP contribution is 2.45. The number of carbonyl (C=O) groups excluding carboxylic acids is 2. The molecule has 1 aliphatic heterocycles. The normalized spacial score (nSPS) is 17.4. The molecule has 2 heterocycles. The van der Waals surface area contributed by atoms with E-state index in [9.17, 15) is 14.7 Å². The van der Waals surface area contributed by atoms with Crippen molar-refractivity contribution in [2.75, 3.05) is 12.0 Å². The molecule has 3 aromatic carbocycles. The Morgan fingerprint density at radius 2 is 1.89 bits per heavy atom. The van der Waals surface area contributed by atoms with E-state index in [1.807, 2.05) is 31.2 Å². The summed E-state index contributed by atoms with van der Waals surface area (Å²) in [7, 11) is 1.45. The van der Waals surface area contributed by atoms with Crippen LogP contribution in [-0.4, -0.2) is 28.9 Å². The van der Waals surface area contributed by atoms with Gasteiger partial charge in [0.1, 0.15) is 11.5 Å². The van der Waals surface area contributed by atoms with Gasteiger partial charge >= 0.3 is 5.91 Å². The number of rotatable bonds is 4. The molecule has 1 N–H and O–H groups in total. The first-order valence-corrected chi connectivity index (χ1v) is 12.1. The zero-order valence-corrected chi connectivity index (χ0v) is 20.9. The minimum atomic E-state index is -0.882. The average Bonchev–Trinajstić information content (AvgIpc) is 3.36. The first-order valence-electron chi connectivity index (χ1n) is 10.6. The van der Waals surface area contributed by atoms with Gasteiger partial charge in [-0.2, -0.15) is 0 Å². The van der Waals surface area contributed by atoms with Crippen molar-refractivity contribution in [1.82, 2.24) is 4.98 Å². The van der Waals surface area contributed by atoms with Gasteiger partial charge in [-0.05, 0) is 48.9 Å². The zero-order valence-electron chi connectivity index (χ0n) is 18.6. The number of aromatic nitrogens is 1. The van der Waals surface area contributed by atoms with Crippen molar-refractivity contribution >= 4 is 67.3 Å². The van der Waals surface area contributed by atoms with Crippen LogP contribution in [0.2, 0.25) is 10.0 Å². The van der Waals surface area contributed by atoms with Crippen LogP contribution in [0.3, 0.4) is 0 Å². The number of ketones is 1. The number of anilines is 1. The van der Waals surface area contributed by atoms with Gasteiger partial charge in [0.25, 0.3) is 5.78 Å². The van der Waals surface area contributed by atoms with Crippen LogP contribution in [0, 0.1) is 6.92 Å². The lowest BCUT2D eigenvalue weighted by Gasteiger charge is -2.23. The zero-order chi connectivity index (χ0) is 24.9. The van der Waals surface area contributed by atoms with E-state index in [1.165, 1.54) is 29.4 Å². The third-order valence-corrected chi connectivity index (χ3v) is 7.34. The number of hydrogen-bond donors (Lipinski definition) is 1. The number of fused-ring (bicyclic) bond motifs is 1. The molecule has 1 atom stereocenters. The van der Waals surface area contributed by atoms with E-state index in [2.05, 4.69) is 4.98 Å². The first-order chi connectivity index (χ1) is 16.8. The number of aliphatic hydroxyl groups is 1. The number of benzene rings is 3. The Balaban J connectivity index is 1.74. The van der Waals surface area contributed by atoms with Crippen LogP contribution >= 0.6 is 34.5 Å². The lowest BCUT2D eigenvalue weighted by molar-refractivity contribution is -0.132. The van der Waals surface area contributed by atoms with E-state index in [4.69, 9.17) is 27.9 Å². The number of thiazole rings is 1. The highest BCUT2D eigenvalue weighted by atomic mass is 35.5. The Morgan fingerprint density at radius 3 is 2.63 bits per heavy atom. The number of methoxy groups -OCH3 is 1. The van der Waals surface area contributed by atoms with Gasteiger partial charge in [0, 0.05) is 10.6 Å². The number of ether oxygens (including phenoxy) is 1. The standard InChI is InChI=1S/C26H18Cl2N2O4S/c1-13-4-3-5-14(10-13)22-21(23(31)15-6-8-17(28)19(11-15)34-2)24(32)25(33)30(22)26-29-18-9-7-16(27)12-20(18)35-26/h3-12,22,31H,1-2H3/b23-21+. The van der Waals surface area contributed by atoms with Crippen LogP contribution in [0.25, 0.3) is 16.0 Å². The van der Waals surface area contributed by atoms with Crippen molar-refractivity contribution in [3.63, 3.8) is 0 Å². The molecule has 1 saturated heterocycles. The minimum Gasteiger partial charge on any atom is -0.507 e. The number of aliphatic hydroxyl groups excluding tert-OH is 1. The fraction of sp³-hybridized carbons (Fsp3) is 0.115. The maximum atomic E-state index is 13.4. The van der Waals surface area contributed by atoms with E-state index in [0.29, 0.717) is 37.6 Å². The molecule has 9 heteroatoms. The number of hydrogen-bond acceptors (Lipinski definition) is 6. The molecular weight excluding hydrogens is 507 g/mol. The number of Topliss-reactive ketones (excluding diaryl/α,β-unsaturated/α-hetero) is 1. The summed E-state index contributed by atoms with van der Waals surface area (Å²) >= 11 is 13.5. The molecule has 1 unspecified atom stereocenters. The maximum absolute atomic E-state index is 13.4. The summed E-state index contributed by atoms with van der Waals surface area (Å²) in [6, 6.07) is 16.5. The Bertz CT molecular complexity index is 1550. The third-order valence-electron chi connectivity index (χ3n) is 5.77. The molecule has 0 saturated carbocycles. The SMILES string of the molecule is COc1cc(/C(O)=C2\C(=O)C(=O)N(c3nc4ccc(Cl)cc4s3)C2c2cccc(C)c2)ccc1Cl. The second-order valence-electron chi connectivity index (χ2n) is 8.04. The topological polar surface area (TPSA) is 79.7 Å². The molecular formula is C26H18Cl2N2O4S. The predicted octanol–water partition coefficient (Wildman–Crippen LogP) is 6.55. The van der Waals surface area contributed by atoms with Crippen molar-refractivity contribution in [3.05, 3.63) is 93.0 Å². The summed E-state index contributed by atoms with van der Waals surface area (Å²) in [6.07, 6.45) is 0. The van der Waals surface area contributed by atoms with Gasteiger partial charge in [-0.15, -0.1) is 0 Å². The second-order valence-corrected chi connectivity index (χ2v) is 9.89. The van der Waals surface area contributed by atoms with Gasteiger partial charge in [0.05, 0.1) is 34.0 Å². The molecule has 5 rings (SSSR count). The van der Waals surface area contributed by atoms with Gasteiger partial charge in [-0.3, -0.25) is 14.5 Å².